The van der Waals surface area contributed by atoms with Crippen LogP contribution >= 0.6 is 0 Å². The van der Waals surface area contributed by atoms with Crippen molar-refractivity contribution >= 4 is 55.4 Å². The summed E-state index contributed by atoms with van der Waals surface area (Å²) in [6.45, 7) is 0. The minimum absolute atomic E-state index is 0.939. The number of aromatic nitrogens is 4. The third-order valence-electron chi connectivity index (χ3n) is 5.65. The summed E-state index contributed by atoms with van der Waals surface area (Å²) >= 11 is 1.60. The number of fused-ring (bicyclic) bond motifs is 8. The van der Waals surface area contributed by atoms with Crippen molar-refractivity contribution in [2.75, 3.05) is 0 Å². The average Bonchev–Trinajstić information content (AvgIpc) is 3.72. The third-order valence-corrected chi connectivity index (χ3v) is 6.88. The number of benzene rings is 2. The van der Waals surface area contributed by atoms with Crippen LogP contribution in [-0.4, -0.2) is 19.9 Å². The van der Waals surface area contributed by atoms with Gasteiger partial charge in [-0.3, -0.25) is 0 Å². The number of nitrogens with one attached hydrogen (secondary N) is 2. The first-order valence-corrected chi connectivity index (χ1v) is 13.0. The predicted octanol–water partition coefficient (Wildman–Crippen LogP) is 6.38. The molecule has 2 N–H and O–H groups in total. The monoisotopic (exact) mass is 522 g/mol. The molecule has 5 heterocycles. The van der Waals surface area contributed by atoms with Crippen molar-refractivity contribution in [1.29, 1.82) is 0 Å². The molecule has 0 saturated heterocycles. The number of hydrogen-bond donors (Lipinski definition) is 2. The molecular weight excluding hydrogens is 499 g/mol. The molecule has 0 amide bonds. The van der Waals surface area contributed by atoms with Gasteiger partial charge >= 0.3 is 84.2 Å². The minimum atomic E-state index is 0.939. The van der Waals surface area contributed by atoms with Gasteiger partial charge in [-0.1, -0.05) is 0 Å². The van der Waals surface area contributed by atoms with Crippen molar-refractivity contribution in [2.45, 2.75) is 0 Å². The molecular formula is C32H24N4Ni. The fraction of sp³-hybridized carbons (Fsp3) is 0. The number of hydrogen-bond acceptors (Lipinski definition) is 2. The Bertz CT molecular complexity index is 1530. The Kier molecular flexibility index (Phi) is 6.61. The van der Waals surface area contributed by atoms with Crippen molar-refractivity contribution in [1.82, 2.24) is 19.9 Å². The Hall–Kier alpha value is -4.47. The molecule has 2 aromatic carbocycles. The van der Waals surface area contributed by atoms with E-state index in [1.165, 1.54) is 9.07 Å². The molecule has 0 atom stereocenters. The molecule has 5 heteroatoms. The van der Waals surface area contributed by atoms with Crippen LogP contribution in [0.2, 0.25) is 0 Å². The molecule has 0 radical (unpaired) electrons. The molecule has 2 aliphatic rings. The van der Waals surface area contributed by atoms with E-state index in [0.717, 1.165) is 44.8 Å². The molecule has 8 bridgehead atoms. The Morgan fingerprint density at radius 3 is 1.05 bits per heavy atom. The van der Waals surface area contributed by atoms with Crippen molar-refractivity contribution in [3.63, 3.8) is 0 Å². The van der Waals surface area contributed by atoms with Gasteiger partial charge < -0.3 is 9.97 Å². The average molecular weight is 523 g/mol. The number of nitrogens with zero attached hydrogens (tertiary/aromatic N) is 2. The fourth-order valence-electron chi connectivity index (χ4n) is 3.96. The number of H-pyrrole nitrogens is 2. The van der Waals surface area contributed by atoms with Crippen LogP contribution in [0.3, 0.4) is 0 Å². The first-order chi connectivity index (χ1) is 18.2. The maximum atomic E-state index is 4.63. The van der Waals surface area contributed by atoms with Crippen LogP contribution in [0.5, 0.6) is 0 Å². The van der Waals surface area contributed by atoms with E-state index in [2.05, 4.69) is 92.7 Å². The molecule has 4 nitrogen and oxygen atoms in total. The van der Waals surface area contributed by atoms with E-state index in [4.69, 9.17) is 0 Å². The first kappa shape index (κ1) is 23.0. The standard InChI is InChI=1S/C20H14N4.2C6H5.Ni/c1-2-14-10-16-5-6-18(23-16)12-20-8-7-19(24-20)11-17-4-3-15(22-17)9-13(1)21-14;2*1-2-4-6-5-3-1;/h1-12,21,24H;2*1-5H;. The summed E-state index contributed by atoms with van der Waals surface area (Å²) in [5.74, 6) is 0. The van der Waals surface area contributed by atoms with E-state index in [1.54, 1.807) is 14.4 Å². The molecule has 7 rings (SSSR count). The van der Waals surface area contributed by atoms with Gasteiger partial charge in [-0.25, -0.2) is 9.97 Å². The van der Waals surface area contributed by atoms with E-state index < -0.39 is 0 Å². The van der Waals surface area contributed by atoms with Gasteiger partial charge in [0.2, 0.25) is 0 Å². The van der Waals surface area contributed by atoms with Gasteiger partial charge in [0.15, 0.2) is 0 Å². The SMILES string of the molecule is C1=Cc2cc3ccc(cc4nc(cc5ccc(cc1n2)[nH]5)C=C4)[nH]3.c1cc[c]([Ni][c]2ccccc2)cc1. The van der Waals surface area contributed by atoms with Gasteiger partial charge in [-0.05, 0) is 72.8 Å². The van der Waals surface area contributed by atoms with Gasteiger partial charge in [-0.2, -0.15) is 0 Å². The van der Waals surface area contributed by atoms with Gasteiger partial charge in [0, 0.05) is 22.1 Å². The number of aromatic amines is 2. The van der Waals surface area contributed by atoms with Crippen molar-refractivity contribution in [3.05, 3.63) is 132 Å². The molecule has 5 aromatic rings. The summed E-state index contributed by atoms with van der Waals surface area (Å²) in [6, 6.07) is 37.2. The van der Waals surface area contributed by atoms with Crippen LogP contribution in [0.4, 0.5) is 0 Å². The molecule has 37 heavy (non-hydrogen) atoms. The first-order valence-electron chi connectivity index (χ1n) is 12.0. The second-order valence-corrected chi connectivity index (χ2v) is 9.89. The summed E-state index contributed by atoms with van der Waals surface area (Å²) in [4.78, 5) is 16.0. The van der Waals surface area contributed by atoms with E-state index in [1.807, 2.05) is 60.7 Å². The van der Waals surface area contributed by atoms with Crippen LogP contribution in [-0.2, 0) is 14.4 Å². The summed E-state index contributed by atoms with van der Waals surface area (Å²) < 4.78 is 2.61. The van der Waals surface area contributed by atoms with Gasteiger partial charge in [-0.15, -0.1) is 0 Å². The fourth-order valence-corrected chi connectivity index (χ4v) is 5.00. The molecule has 0 fully saturated rings. The molecule has 0 unspecified atom stereocenters. The van der Waals surface area contributed by atoms with Crippen molar-refractivity contribution in [2.24, 2.45) is 0 Å². The summed E-state index contributed by atoms with van der Waals surface area (Å²) in [5.41, 5.74) is 7.86. The molecule has 0 saturated carbocycles. The topological polar surface area (TPSA) is 57.4 Å². The zero-order valence-corrected chi connectivity index (χ0v) is 20.9. The molecule has 182 valence electrons. The molecule has 2 aliphatic heterocycles. The maximum absolute atomic E-state index is 4.63. The van der Waals surface area contributed by atoms with E-state index >= 15 is 0 Å². The molecule has 0 spiro atoms. The van der Waals surface area contributed by atoms with Gasteiger partial charge in [0.25, 0.3) is 0 Å². The Morgan fingerprint density at radius 1 is 0.405 bits per heavy atom. The van der Waals surface area contributed by atoms with Gasteiger partial charge in [0.1, 0.15) is 0 Å². The molecule has 3 aromatic heterocycles. The Balaban J connectivity index is 0.000000164. The van der Waals surface area contributed by atoms with E-state index in [-0.39, 0.29) is 0 Å². The normalized spacial score (nSPS) is 11.8. The predicted molar refractivity (Wildman–Crippen MR) is 151 cm³/mol. The zero-order chi connectivity index (χ0) is 24.9. The summed E-state index contributed by atoms with van der Waals surface area (Å²) in [5, 5.41) is 0. The van der Waals surface area contributed by atoms with Crippen molar-refractivity contribution in [3.8, 4) is 0 Å². The third kappa shape index (κ3) is 6.03. The van der Waals surface area contributed by atoms with E-state index in [9.17, 15) is 0 Å². The second-order valence-electron chi connectivity index (χ2n) is 8.50. The van der Waals surface area contributed by atoms with Crippen LogP contribution in [0, 0.1) is 0 Å². The Morgan fingerprint density at radius 2 is 0.730 bits per heavy atom. The van der Waals surface area contributed by atoms with Crippen LogP contribution in [0.25, 0.3) is 46.4 Å². The van der Waals surface area contributed by atoms with Gasteiger partial charge in [0.05, 0.1) is 22.8 Å². The quantitative estimate of drug-likeness (QED) is 0.259. The van der Waals surface area contributed by atoms with Crippen LogP contribution in [0.1, 0.15) is 22.8 Å². The van der Waals surface area contributed by atoms with Crippen molar-refractivity contribution < 1.29 is 14.4 Å². The summed E-state index contributed by atoms with van der Waals surface area (Å²) in [7, 11) is 0. The second kappa shape index (κ2) is 10.7. The number of rotatable bonds is 2. The van der Waals surface area contributed by atoms with Crippen LogP contribution in [0.15, 0.2) is 109 Å². The van der Waals surface area contributed by atoms with Crippen LogP contribution < -0.4 is 9.07 Å². The zero-order valence-electron chi connectivity index (χ0n) is 19.9. The summed E-state index contributed by atoms with van der Waals surface area (Å²) in [6.07, 6.45) is 8.09. The molecule has 0 aliphatic carbocycles. The Labute approximate surface area is 221 Å². The van der Waals surface area contributed by atoms with E-state index in [0.29, 0.717) is 0 Å².